The van der Waals surface area contributed by atoms with Crippen molar-refractivity contribution in [3.63, 3.8) is 0 Å². The molecule has 0 atom stereocenters. The van der Waals surface area contributed by atoms with Crippen molar-refractivity contribution in [1.82, 2.24) is 19.9 Å². The fourth-order valence-corrected chi connectivity index (χ4v) is 3.58. The van der Waals surface area contributed by atoms with Gasteiger partial charge in [0.25, 0.3) is 5.56 Å². The van der Waals surface area contributed by atoms with Gasteiger partial charge < -0.3 is 15.3 Å². The number of halogens is 1. The number of para-hydroxylation sites is 1. The Kier molecular flexibility index (Phi) is 5.47. The third kappa shape index (κ3) is 4.03. The van der Waals surface area contributed by atoms with Crippen molar-refractivity contribution >= 4 is 27.7 Å². The Labute approximate surface area is 170 Å². The van der Waals surface area contributed by atoms with Crippen molar-refractivity contribution in [3.8, 4) is 0 Å². The summed E-state index contributed by atoms with van der Waals surface area (Å²) in [5.41, 5.74) is 1.44. The fraction of sp³-hybridized carbons (Fsp3) is 0.227. The second-order valence-electron chi connectivity index (χ2n) is 7.14. The minimum atomic E-state index is -0.481. The molecule has 0 aliphatic rings. The van der Waals surface area contributed by atoms with Crippen molar-refractivity contribution < 1.29 is 9.18 Å². The molecule has 2 aromatic carbocycles. The molecule has 0 saturated carbocycles. The molecule has 0 aliphatic heterocycles. The maximum absolute atomic E-state index is 13.4. The van der Waals surface area contributed by atoms with Gasteiger partial charge in [-0.3, -0.25) is 14.2 Å². The third-order valence-corrected chi connectivity index (χ3v) is 5.12. The zero-order chi connectivity index (χ0) is 21.1. The quantitative estimate of drug-likeness (QED) is 0.438. The van der Waals surface area contributed by atoms with E-state index in [4.69, 9.17) is 0 Å². The number of carbonyl (C=O) groups is 1. The summed E-state index contributed by atoms with van der Waals surface area (Å²) in [6.45, 7) is 0.576. The number of H-pyrrole nitrogens is 2. The van der Waals surface area contributed by atoms with E-state index in [0.717, 1.165) is 21.0 Å². The van der Waals surface area contributed by atoms with Gasteiger partial charge in [0.1, 0.15) is 5.82 Å². The number of nitrogens with one attached hydrogen (secondary N) is 3. The van der Waals surface area contributed by atoms with Gasteiger partial charge in [0.2, 0.25) is 5.91 Å². The SMILES string of the molecule is O=C(CCCn1c(=O)[nH]c2ccccc2c1=O)NCCc1c[nH]c2ccc(F)cc12. The number of nitrogens with zero attached hydrogens (tertiary/aromatic N) is 1. The summed E-state index contributed by atoms with van der Waals surface area (Å²) in [7, 11) is 0. The molecule has 0 bridgehead atoms. The maximum atomic E-state index is 13.4. The number of aromatic nitrogens is 3. The number of rotatable bonds is 7. The molecule has 30 heavy (non-hydrogen) atoms. The lowest BCUT2D eigenvalue weighted by molar-refractivity contribution is -0.121. The minimum Gasteiger partial charge on any atom is -0.361 e. The zero-order valence-corrected chi connectivity index (χ0v) is 16.2. The van der Waals surface area contributed by atoms with Gasteiger partial charge >= 0.3 is 5.69 Å². The summed E-state index contributed by atoms with van der Waals surface area (Å²) < 4.78 is 14.6. The largest absolute Gasteiger partial charge is 0.361 e. The van der Waals surface area contributed by atoms with E-state index in [1.54, 1.807) is 30.3 Å². The monoisotopic (exact) mass is 408 g/mol. The zero-order valence-electron chi connectivity index (χ0n) is 16.2. The molecule has 7 nitrogen and oxygen atoms in total. The number of hydrogen-bond acceptors (Lipinski definition) is 3. The van der Waals surface area contributed by atoms with Crippen LogP contribution in [0.25, 0.3) is 21.8 Å². The lowest BCUT2D eigenvalue weighted by Crippen LogP contribution is -2.35. The predicted molar refractivity (Wildman–Crippen MR) is 113 cm³/mol. The molecule has 0 radical (unpaired) electrons. The van der Waals surface area contributed by atoms with Crippen LogP contribution in [-0.4, -0.2) is 27.0 Å². The maximum Gasteiger partial charge on any atom is 0.328 e. The Morgan fingerprint density at radius 3 is 2.77 bits per heavy atom. The molecule has 154 valence electrons. The van der Waals surface area contributed by atoms with Crippen LogP contribution < -0.4 is 16.6 Å². The lowest BCUT2D eigenvalue weighted by Gasteiger charge is -2.07. The Morgan fingerprint density at radius 2 is 1.90 bits per heavy atom. The first kappa shape index (κ1) is 19.6. The van der Waals surface area contributed by atoms with E-state index >= 15 is 0 Å². The van der Waals surface area contributed by atoms with Gasteiger partial charge in [0.15, 0.2) is 0 Å². The van der Waals surface area contributed by atoms with E-state index in [9.17, 15) is 18.8 Å². The number of fused-ring (bicyclic) bond motifs is 2. The fourth-order valence-electron chi connectivity index (χ4n) is 3.58. The van der Waals surface area contributed by atoms with Crippen molar-refractivity contribution in [3.05, 3.63) is 80.9 Å². The van der Waals surface area contributed by atoms with Crippen LogP contribution in [0, 0.1) is 5.82 Å². The number of carbonyl (C=O) groups excluding carboxylic acids is 1. The lowest BCUT2D eigenvalue weighted by atomic mass is 10.1. The predicted octanol–water partition coefficient (Wildman–Crippen LogP) is 2.45. The van der Waals surface area contributed by atoms with E-state index in [0.29, 0.717) is 30.3 Å². The van der Waals surface area contributed by atoms with Gasteiger partial charge in [-0.25, -0.2) is 9.18 Å². The summed E-state index contributed by atoms with van der Waals surface area (Å²) in [4.78, 5) is 42.5. The standard InChI is InChI=1S/C22H21FN4O3/c23-15-7-8-18-17(12-15)14(13-25-18)9-10-24-20(28)6-3-11-27-21(29)16-4-1-2-5-19(16)26-22(27)30/h1-2,4-5,7-8,12-13,25H,3,6,9-11H2,(H,24,28)(H,26,30). The number of benzene rings is 2. The number of aromatic amines is 2. The van der Waals surface area contributed by atoms with Crippen LogP contribution in [0.1, 0.15) is 18.4 Å². The van der Waals surface area contributed by atoms with Crippen LogP contribution in [0.2, 0.25) is 0 Å². The molecule has 0 saturated heterocycles. The first-order valence-corrected chi connectivity index (χ1v) is 9.77. The first-order chi connectivity index (χ1) is 14.5. The molecule has 8 heteroatoms. The summed E-state index contributed by atoms with van der Waals surface area (Å²) in [6.07, 6.45) is 2.94. The van der Waals surface area contributed by atoms with E-state index in [-0.39, 0.29) is 30.2 Å². The van der Waals surface area contributed by atoms with Crippen molar-refractivity contribution in [2.75, 3.05) is 6.54 Å². The van der Waals surface area contributed by atoms with Crippen molar-refractivity contribution in [1.29, 1.82) is 0 Å². The molecule has 4 aromatic rings. The molecule has 0 unspecified atom stereocenters. The van der Waals surface area contributed by atoms with Gasteiger partial charge in [0.05, 0.1) is 10.9 Å². The third-order valence-electron chi connectivity index (χ3n) is 5.12. The van der Waals surface area contributed by atoms with Gasteiger partial charge in [-0.15, -0.1) is 0 Å². The highest BCUT2D eigenvalue weighted by atomic mass is 19.1. The molecular weight excluding hydrogens is 387 g/mol. The van der Waals surface area contributed by atoms with Gasteiger partial charge in [0, 0.05) is 36.6 Å². The minimum absolute atomic E-state index is 0.161. The molecule has 0 spiro atoms. The van der Waals surface area contributed by atoms with Gasteiger partial charge in [-0.2, -0.15) is 0 Å². The van der Waals surface area contributed by atoms with Crippen LogP contribution in [0.4, 0.5) is 4.39 Å². The van der Waals surface area contributed by atoms with Crippen molar-refractivity contribution in [2.24, 2.45) is 0 Å². The van der Waals surface area contributed by atoms with E-state index in [2.05, 4.69) is 15.3 Å². The topological polar surface area (TPSA) is 99.8 Å². The van der Waals surface area contributed by atoms with E-state index in [1.807, 2.05) is 6.20 Å². The normalized spacial score (nSPS) is 11.2. The Hall–Kier alpha value is -3.68. The molecule has 1 amide bonds. The average Bonchev–Trinajstić information content (AvgIpc) is 3.12. The second kappa shape index (κ2) is 8.36. The molecular formula is C22H21FN4O3. The smallest absolute Gasteiger partial charge is 0.328 e. The molecule has 0 aliphatic carbocycles. The van der Waals surface area contributed by atoms with Crippen LogP contribution in [0.3, 0.4) is 0 Å². The highest BCUT2D eigenvalue weighted by Crippen LogP contribution is 2.19. The molecule has 2 aromatic heterocycles. The average molecular weight is 408 g/mol. The summed E-state index contributed by atoms with van der Waals surface area (Å²) >= 11 is 0. The Balaban J connectivity index is 1.30. The number of amides is 1. The number of hydrogen-bond donors (Lipinski definition) is 3. The van der Waals surface area contributed by atoms with Crippen LogP contribution >= 0.6 is 0 Å². The second-order valence-corrected chi connectivity index (χ2v) is 7.14. The van der Waals surface area contributed by atoms with Gasteiger partial charge in [-0.1, -0.05) is 12.1 Å². The van der Waals surface area contributed by atoms with E-state index < -0.39 is 5.69 Å². The Bertz CT molecular complexity index is 1340. The first-order valence-electron chi connectivity index (χ1n) is 9.77. The van der Waals surface area contributed by atoms with E-state index in [1.165, 1.54) is 12.1 Å². The van der Waals surface area contributed by atoms with Gasteiger partial charge in [-0.05, 0) is 48.7 Å². The van der Waals surface area contributed by atoms with Crippen molar-refractivity contribution in [2.45, 2.75) is 25.8 Å². The van der Waals surface area contributed by atoms with Crippen LogP contribution in [-0.2, 0) is 17.8 Å². The Morgan fingerprint density at radius 1 is 1.07 bits per heavy atom. The van der Waals surface area contributed by atoms with Crippen LogP contribution in [0.5, 0.6) is 0 Å². The summed E-state index contributed by atoms with van der Waals surface area (Å²) in [6, 6.07) is 11.4. The molecule has 2 heterocycles. The summed E-state index contributed by atoms with van der Waals surface area (Å²) in [5.74, 6) is -0.461. The highest BCUT2D eigenvalue weighted by Gasteiger charge is 2.09. The molecule has 4 rings (SSSR count). The highest BCUT2D eigenvalue weighted by molar-refractivity contribution is 5.83. The molecule has 3 N–H and O–H groups in total. The summed E-state index contributed by atoms with van der Waals surface area (Å²) in [5, 5.41) is 4.07. The van der Waals surface area contributed by atoms with Crippen LogP contribution in [0.15, 0.2) is 58.3 Å². The molecule has 0 fully saturated rings.